The van der Waals surface area contributed by atoms with E-state index in [1.165, 1.54) is 0 Å². The van der Waals surface area contributed by atoms with Crippen molar-refractivity contribution in [2.24, 2.45) is 0 Å². The van der Waals surface area contributed by atoms with Gasteiger partial charge in [0.15, 0.2) is 0 Å². The molecule has 0 radical (unpaired) electrons. The summed E-state index contributed by atoms with van der Waals surface area (Å²) in [5.41, 5.74) is 4.14. The molecule has 26 heavy (non-hydrogen) atoms. The Labute approximate surface area is 155 Å². The molecule has 3 nitrogen and oxygen atoms in total. The number of rotatable bonds is 7. The van der Waals surface area contributed by atoms with Gasteiger partial charge in [0.05, 0.1) is 0 Å². The fraction of sp³-hybridized carbons (Fsp3) is 0.174. The summed E-state index contributed by atoms with van der Waals surface area (Å²) in [6, 6.07) is 28.2. The van der Waals surface area contributed by atoms with Gasteiger partial charge in [-0.05, 0) is 30.7 Å². The van der Waals surface area contributed by atoms with Crippen molar-refractivity contribution in [3.8, 4) is 11.1 Å². The summed E-state index contributed by atoms with van der Waals surface area (Å²) in [6.07, 6.45) is 0.450. The molecule has 1 amide bonds. The smallest absolute Gasteiger partial charge is 0.226 e. The van der Waals surface area contributed by atoms with Gasteiger partial charge in [0.1, 0.15) is 0 Å². The van der Waals surface area contributed by atoms with Gasteiger partial charge in [-0.2, -0.15) is 0 Å². The van der Waals surface area contributed by atoms with Crippen LogP contribution in [0.15, 0.2) is 84.9 Å². The number of nitrogens with one attached hydrogen (secondary N) is 1. The zero-order chi connectivity index (χ0) is 18.2. The molecule has 0 bridgehead atoms. The molecular formula is C23H24N2O. The standard InChI is InChI=1S/C23H24N2O/c1-2-25(20-13-7-4-8-14-20)18-17-23(26)24-22-16-10-9-15-21(22)19-11-5-3-6-12-19/h3-16H,2,17-18H2,1H3,(H,24,26). The largest absolute Gasteiger partial charge is 0.371 e. The molecule has 132 valence electrons. The quantitative estimate of drug-likeness (QED) is 0.638. The minimum atomic E-state index is 0.0303. The SMILES string of the molecule is CCN(CCC(=O)Nc1ccccc1-c1ccccc1)c1ccccc1. The third kappa shape index (κ3) is 4.51. The Morgan fingerprint density at radius 1 is 0.846 bits per heavy atom. The number of hydrogen-bond acceptors (Lipinski definition) is 2. The van der Waals surface area contributed by atoms with Crippen LogP contribution in [0.3, 0.4) is 0 Å². The summed E-state index contributed by atoms with van der Waals surface area (Å²) in [5.74, 6) is 0.0303. The number of benzene rings is 3. The van der Waals surface area contributed by atoms with Crippen LogP contribution in [0.5, 0.6) is 0 Å². The van der Waals surface area contributed by atoms with Crippen molar-refractivity contribution in [3.63, 3.8) is 0 Å². The molecule has 0 saturated carbocycles. The third-order valence-electron chi connectivity index (χ3n) is 4.40. The van der Waals surface area contributed by atoms with Crippen molar-refractivity contribution in [1.82, 2.24) is 0 Å². The summed E-state index contributed by atoms with van der Waals surface area (Å²) in [4.78, 5) is 14.7. The summed E-state index contributed by atoms with van der Waals surface area (Å²) in [5, 5.41) is 3.07. The van der Waals surface area contributed by atoms with Crippen molar-refractivity contribution in [2.75, 3.05) is 23.3 Å². The second kappa shape index (κ2) is 8.86. The second-order valence-electron chi connectivity index (χ2n) is 6.13. The van der Waals surface area contributed by atoms with Crippen molar-refractivity contribution >= 4 is 17.3 Å². The van der Waals surface area contributed by atoms with E-state index in [0.717, 1.165) is 29.0 Å². The minimum Gasteiger partial charge on any atom is -0.371 e. The summed E-state index contributed by atoms with van der Waals surface area (Å²) in [6.45, 7) is 3.67. The first-order valence-electron chi connectivity index (χ1n) is 9.02. The normalized spacial score (nSPS) is 10.3. The molecule has 0 saturated heterocycles. The molecule has 0 spiro atoms. The highest BCUT2D eigenvalue weighted by Crippen LogP contribution is 2.27. The molecule has 3 heteroatoms. The maximum atomic E-state index is 12.5. The van der Waals surface area contributed by atoms with Crippen molar-refractivity contribution in [1.29, 1.82) is 0 Å². The highest BCUT2D eigenvalue weighted by atomic mass is 16.1. The second-order valence-corrected chi connectivity index (χ2v) is 6.13. The lowest BCUT2D eigenvalue weighted by Crippen LogP contribution is -2.27. The number of hydrogen-bond donors (Lipinski definition) is 1. The molecule has 3 rings (SSSR count). The maximum absolute atomic E-state index is 12.5. The zero-order valence-corrected chi connectivity index (χ0v) is 15.1. The van der Waals surface area contributed by atoms with Crippen molar-refractivity contribution in [2.45, 2.75) is 13.3 Å². The molecule has 0 fully saturated rings. The van der Waals surface area contributed by atoms with Crippen LogP contribution in [0.2, 0.25) is 0 Å². The lowest BCUT2D eigenvalue weighted by Gasteiger charge is -2.23. The number of anilines is 2. The number of amides is 1. The van der Waals surface area contributed by atoms with Gasteiger partial charge in [-0.3, -0.25) is 4.79 Å². The van der Waals surface area contributed by atoms with E-state index in [1.807, 2.05) is 60.7 Å². The Kier molecular flexibility index (Phi) is 6.05. The molecule has 3 aromatic carbocycles. The van der Waals surface area contributed by atoms with E-state index in [1.54, 1.807) is 0 Å². The third-order valence-corrected chi connectivity index (χ3v) is 4.40. The van der Waals surface area contributed by atoms with Crippen molar-refractivity contribution < 1.29 is 4.79 Å². The van der Waals surface area contributed by atoms with E-state index in [4.69, 9.17) is 0 Å². The maximum Gasteiger partial charge on any atom is 0.226 e. The number of carbonyl (C=O) groups excluding carboxylic acids is 1. The monoisotopic (exact) mass is 344 g/mol. The van der Waals surface area contributed by atoms with Crippen LogP contribution in [0.4, 0.5) is 11.4 Å². The molecule has 3 aromatic rings. The van der Waals surface area contributed by atoms with Gasteiger partial charge in [-0.25, -0.2) is 0 Å². The first-order valence-corrected chi connectivity index (χ1v) is 9.02. The predicted molar refractivity (Wildman–Crippen MR) is 109 cm³/mol. The van der Waals surface area contributed by atoms with Gasteiger partial charge < -0.3 is 10.2 Å². The van der Waals surface area contributed by atoms with E-state index >= 15 is 0 Å². The van der Waals surface area contributed by atoms with Gasteiger partial charge in [0.2, 0.25) is 5.91 Å². The molecule has 0 unspecified atom stereocenters. The Morgan fingerprint density at radius 2 is 1.46 bits per heavy atom. The van der Waals surface area contributed by atoms with Crippen LogP contribution in [-0.4, -0.2) is 19.0 Å². The number of carbonyl (C=O) groups is 1. The number of nitrogens with zero attached hydrogens (tertiary/aromatic N) is 1. The average molecular weight is 344 g/mol. The fourth-order valence-electron chi connectivity index (χ4n) is 3.02. The molecule has 0 aliphatic carbocycles. The first kappa shape index (κ1) is 17.7. The van der Waals surface area contributed by atoms with E-state index in [0.29, 0.717) is 13.0 Å². The van der Waals surface area contributed by atoms with Gasteiger partial charge in [-0.1, -0.05) is 66.7 Å². The Bertz CT molecular complexity index is 831. The lowest BCUT2D eigenvalue weighted by molar-refractivity contribution is -0.116. The molecule has 0 atom stereocenters. The van der Waals surface area contributed by atoms with E-state index in [9.17, 15) is 4.79 Å². The topological polar surface area (TPSA) is 32.3 Å². The highest BCUT2D eigenvalue weighted by molar-refractivity contribution is 5.95. The average Bonchev–Trinajstić information content (AvgIpc) is 2.70. The van der Waals surface area contributed by atoms with Gasteiger partial charge in [0, 0.05) is 36.4 Å². The van der Waals surface area contributed by atoms with Gasteiger partial charge in [0.25, 0.3) is 0 Å². The Morgan fingerprint density at radius 3 is 2.15 bits per heavy atom. The molecule has 0 heterocycles. The zero-order valence-electron chi connectivity index (χ0n) is 15.1. The Hall–Kier alpha value is -3.07. The molecule has 0 aliphatic rings. The lowest BCUT2D eigenvalue weighted by atomic mass is 10.0. The fourth-order valence-corrected chi connectivity index (χ4v) is 3.02. The van der Waals surface area contributed by atoms with Gasteiger partial charge >= 0.3 is 0 Å². The summed E-state index contributed by atoms with van der Waals surface area (Å²) >= 11 is 0. The van der Waals surface area contributed by atoms with Crippen LogP contribution in [-0.2, 0) is 4.79 Å². The summed E-state index contributed by atoms with van der Waals surface area (Å²) in [7, 11) is 0. The van der Waals surface area contributed by atoms with Crippen LogP contribution < -0.4 is 10.2 Å². The number of para-hydroxylation sites is 2. The molecule has 0 aliphatic heterocycles. The van der Waals surface area contributed by atoms with Crippen LogP contribution in [0.1, 0.15) is 13.3 Å². The molecule has 0 aromatic heterocycles. The van der Waals surface area contributed by atoms with Gasteiger partial charge in [-0.15, -0.1) is 0 Å². The highest BCUT2D eigenvalue weighted by Gasteiger charge is 2.10. The van der Waals surface area contributed by atoms with Crippen molar-refractivity contribution in [3.05, 3.63) is 84.9 Å². The van der Waals surface area contributed by atoms with Crippen LogP contribution in [0, 0.1) is 0 Å². The molecule has 1 N–H and O–H groups in total. The van der Waals surface area contributed by atoms with E-state index < -0.39 is 0 Å². The Balaban J connectivity index is 1.66. The van der Waals surface area contributed by atoms with Crippen LogP contribution >= 0.6 is 0 Å². The minimum absolute atomic E-state index is 0.0303. The first-order chi connectivity index (χ1) is 12.8. The predicted octanol–water partition coefficient (Wildman–Crippen LogP) is 5.21. The summed E-state index contributed by atoms with van der Waals surface area (Å²) < 4.78 is 0. The van der Waals surface area contributed by atoms with E-state index in [-0.39, 0.29) is 5.91 Å². The van der Waals surface area contributed by atoms with Crippen LogP contribution in [0.25, 0.3) is 11.1 Å². The molecular weight excluding hydrogens is 320 g/mol. The van der Waals surface area contributed by atoms with E-state index in [2.05, 4.69) is 41.4 Å².